The summed E-state index contributed by atoms with van der Waals surface area (Å²) in [4.78, 5) is 7.75. The molecule has 8 aromatic carbocycles. The van der Waals surface area contributed by atoms with E-state index < -0.39 is 0 Å². The van der Waals surface area contributed by atoms with Crippen LogP contribution in [0.5, 0.6) is 0 Å². The van der Waals surface area contributed by atoms with Gasteiger partial charge >= 0.3 is 0 Å². The molecule has 0 saturated heterocycles. The molecule has 55 heavy (non-hydrogen) atoms. The Kier molecular flexibility index (Phi) is 6.61. The van der Waals surface area contributed by atoms with Crippen LogP contribution in [-0.2, 0) is 0 Å². The third-order valence-corrected chi connectivity index (χ3v) is 11.1. The van der Waals surface area contributed by atoms with E-state index in [4.69, 9.17) is 13.1 Å². The second kappa shape index (κ2) is 11.8. The summed E-state index contributed by atoms with van der Waals surface area (Å²) < 4.78 is 6.90. The van der Waals surface area contributed by atoms with Crippen LogP contribution in [0, 0.1) is 13.1 Å². The third-order valence-electron chi connectivity index (χ3n) is 11.1. The lowest BCUT2D eigenvalue weighted by molar-refractivity contribution is 1.15. The maximum Gasteiger partial charge on any atom is 0.211 e. The van der Waals surface area contributed by atoms with Crippen LogP contribution >= 0.6 is 0 Å². The van der Waals surface area contributed by atoms with Crippen LogP contribution in [0.15, 0.2) is 176 Å². The monoisotopic (exact) mass is 699 g/mol. The van der Waals surface area contributed by atoms with Crippen molar-refractivity contribution in [2.24, 2.45) is 0 Å². The van der Waals surface area contributed by atoms with Crippen LogP contribution in [-0.4, -0.2) is 13.7 Å². The normalized spacial score (nSPS) is 11.6. The van der Waals surface area contributed by atoms with E-state index in [1.54, 1.807) is 0 Å². The molecule has 0 unspecified atom stereocenters. The van der Waals surface area contributed by atoms with Crippen LogP contribution in [0.3, 0.4) is 0 Å². The van der Waals surface area contributed by atoms with Crippen LogP contribution in [0.25, 0.3) is 103 Å². The Morgan fingerprint density at radius 2 is 0.873 bits per heavy atom. The van der Waals surface area contributed by atoms with Crippen LogP contribution in [0.4, 0.5) is 11.4 Å². The van der Waals surface area contributed by atoms with Gasteiger partial charge in [-0.25, -0.2) is 9.69 Å². The van der Waals surface area contributed by atoms with E-state index in [2.05, 4.69) is 157 Å². The molecule has 3 aromatic heterocycles. The molecule has 0 aliphatic rings. The zero-order valence-electron chi connectivity index (χ0n) is 29.5. The van der Waals surface area contributed by atoms with Gasteiger partial charge in [-0.15, -0.1) is 0 Å². The highest BCUT2D eigenvalue weighted by Gasteiger charge is 2.20. The highest BCUT2D eigenvalue weighted by Crippen LogP contribution is 2.42. The molecular formula is C50H29N5. The van der Waals surface area contributed by atoms with Crippen LogP contribution in [0.1, 0.15) is 0 Å². The Morgan fingerprint density at radius 1 is 0.364 bits per heavy atom. The summed E-state index contributed by atoms with van der Waals surface area (Å²) in [5.41, 5.74) is 12.7. The van der Waals surface area contributed by atoms with Crippen molar-refractivity contribution in [1.82, 2.24) is 13.7 Å². The van der Waals surface area contributed by atoms with Crippen molar-refractivity contribution in [3.63, 3.8) is 0 Å². The second-order valence-electron chi connectivity index (χ2n) is 13.9. The number of rotatable bonds is 4. The quantitative estimate of drug-likeness (QED) is 0.163. The minimum Gasteiger partial charge on any atom is -0.320 e. The molecule has 0 N–H and O–H groups in total. The average molecular weight is 700 g/mol. The van der Waals surface area contributed by atoms with Gasteiger partial charge in [0.15, 0.2) is 5.69 Å². The first-order valence-corrected chi connectivity index (χ1v) is 18.3. The Morgan fingerprint density at radius 3 is 1.47 bits per heavy atom. The lowest BCUT2D eigenvalue weighted by atomic mass is 10.0. The van der Waals surface area contributed by atoms with Gasteiger partial charge in [0.1, 0.15) is 0 Å². The Bertz CT molecular complexity index is 3400. The Labute approximate surface area is 316 Å². The number of para-hydroxylation sites is 5. The number of nitrogens with zero attached hydrogens (tertiary/aromatic N) is 5. The maximum absolute atomic E-state index is 8.05. The first kappa shape index (κ1) is 30.7. The zero-order chi connectivity index (χ0) is 36.6. The van der Waals surface area contributed by atoms with Gasteiger partial charge < -0.3 is 13.7 Å². The highest BCUT2D eigenvalue weighted by molar-refractivity contribution is 6.14. The summed E-state index contributed by atoms with van der Waals surface area (Å²) >= 11 is 0. The van der Waals surface area contributed by atoms with E-state index in [1.165, 1.54) is 32.6 Å². The van der Waals surface area contributed by atoms with Crippen LogP contribution in [0.2, 0.25) is 0 Å². The summed E-state index contributed by atoms with van der Waals surface area (Å²) in [6.45, 7) is 15.9. The first-order chi connectivity index (χ1) is 27.2. The van der Waals surface area contributed by atoms with Gasteiger partial charge in [0.05, 0.1) is 46.2 Å². The second-order valence-corrected chi connectivity index (χ2v) is 13.9. The van der Waals surface area contributed by atoms with Crippen molar-refractivity contribution in [3.05, 3.63) is 199 Å². The number of fused-ring (bicyclic) bond motifs is 9. The minimum absolute atomic E-state index is 0.547. The largest absolute Gasteiger partial charge is 0.320 e. The summed E-state index contributed by atoms with van der Waals surface area (Å²) in [5.74, 6) is 0. The Hall–Kier alpha value is -7.86. The Balaban J connectivity index is 1.11. The van der Waals surface area contributed by atoms with Gasteiger partial charge in [-0.1, -0.05) is 121 Å². The maximum atomic E-state index is 8.05. The third kappa shape index (κ3) is 4.45. The van der Waals surface area contributed by atoms with E-state index in [0.29, 0.717) is 11.4 Å². The number of hydrogen-bond donors (Lipinski definition) is 0. The molecule has 0 amide bonds. The van der Waals surface area contributed by atoms with Crippen molar-refractivity contribution in [1.29, 1.82) is 0 Å². The molecule has 5 heteroatoms. The predicted octanol–water partition coefficient (Wildman–Crippen LogP) is 13.7. The molecule has 0 radical (unpaired) electrons. The first-order valence-electron chi connectivity index (χ1n) is 18.3. The molecule has 5 nitrogen and oxygen atoms in total. The SMILES string of the molecule is [C-]#[N+]c1ccc(-c2ccc(-n3c4ccccc4c4ccc(-n5c6ccccc6c6ccccc65)cc43)cc2)c(-n2c3ccccc3c3cccc([N+]#[C-])c32)c1. The van der Waals surface area contributed by atoms with Crippen molar-refractivity contribution in [2.45, 2.75) is 0 Å². The van der Waals surface area contributed by atoms with Gasteiger partial charge in [-0.2, -0.15) is 0 Å². The van der Waals surface area contributed by atoms with Crippen molar-refractivity contribution < 1.29 is 0 Å². The van der Waals surface area contributed by atoms with Gasteiger partial charge in [0.25, 0.3) is 0 Å². The fraction of sp³-hybridized carbons (Fsp3) is 0. The molecule has 0 aliphatic carbocycles. The topological polar surface area (TPSA) is 23.5 Å². The molecular weight excluding hydrogens is 671 g/mol. The fourth-order valence-electron chi connectivity index (χ4n) is 8.73. The zero-order valence-corrected chi connectivity index (χ0v) is 29.5. The summed E-state index contributed by atoms with van der Waals surface area (Å²) in [5, 5.41) is 6.97. The molecule has 3 heterocycles. The summed E-state index contributed by atoms with van der Waals surface area (Å²) in [6, 6.07) is 61.5. The van der Waals surface area contributed by atoms with Crippen molar-refractivity contribution in [3.8, 4) is 28.2 Å². The van der Waals surface area contributed by atoms with Crippen molar-refractivity contribution >= 4 is 76.8 Å². The molecule has 0 fully saturated rings. The van der Waals surface area contributed by atoms with Crippen molar-refractivity contribution in [2.75, 3.05) is 0 Å². The fourth-order valence-corrected chi connectivity index (χ4v) is 8.73. The van der Waals surface area contributed by atoms with E-state index in [1.807, 2.05) is 42.5 Å². The van der Waals surface area contributed by atoms with Gasteiger partial charge in [-0.05, 0) is 65.5 Å². The summed E-state index contributed by atoms with van der Waals surface area (Å²) in [7, 11) is 0. The molecule has 0 atom stereocenters. The minimum atomic E-state index is 0.547. The average Bonchev–Trinajstić information content (AvgIpc) is 3.89. The molecule has 0 spiro atoms. The standard InChI is InChI=1S/C50H29N5/c1-51-33-24-28-36(48(30-33)55-47-21-10-6-15-40(47)42-16-11-17-43(52-2)50(42)55)32-22-25-34(26-23-32)53-44-18-7-5-14-39(44)41-29-27-35(31-49(41)53)54-45-19-8-3-12-37(45)38-13-4-9-20-46(38)54/h3-31H. The number of hydrogen-bond acceptors (Lipinski definition) is 0. The predicted molar refractivity (Wildman–Crippen MR) is 227 cm³/mol. The van der Waals surface area contributed by atoms with Gasteiger partial charge in [0, 0.05) is 49.6 Å². The summed E-state index contributed by atoms with van der Waals surface area (Å²) in [6.07, 6.45) is 0. The van der Waals surface area contributed by atoms with E-state index in [-0.39, 0.29) is 0 Å². The van der Waals surface area contributed by atoms with E-state index in [0.717, 1.165) is 61.0 Å². The molecule has 11 rings (SSSR count). The van der Waals surface area contributed by atoms with E-state index in [9.17, 15) is 0 Å². The van der Waals surface area contributed by atoms with Crippen LogP contribution < -0.4 is 0 Å². The molecule has 254 valence electrons. The van der Waals surface area contributed by atoms with Gasteiger partial charge in [0.2, 0.25) is 5.69 Å². The lowest BCUT2D eigenvalue weighted by Crippen LogP contribution is -1.98. The van der Waals surface area contributed by atoms with E-state index >= 15 is 0 Å². The number of benzene rings is 8. The molecule has 0 aliphatic heterocycles. The van der Waals surface area contributed by atoms with Gasteiger partial charge in [-0.3, -0.25) is 0 Å². The smallest absolute Gasteiger partial charge is 0.211 e. The number of aromatic nitrogens is 3. The highest BCUT2D eigenvalue weighted by atomic mass is 15.0. The lowest BCUT2D eigenvalue weighted by Gasteiger charge is -2.16. The molecule has 0 bridgehead atoms. The molecule has 0 saturated carbocycles. The molecule has 11 aromatic rings.